The van der Waals surface area contributed by atoms with Gasteiger partial charge in [-0.2, -0.15) is 5.10 Å². The summed E-state index contributed by atoms with van der Waals surface area (Å²) >= 11 is 0. The van der Waals surface area contributed by atoms with E-state index in [1.165, 1.54) is 18.4 Å². The first-order chi connectivity index (χ1) is 8.72. The quantitative estimate of drug-likeness (QED) is 0.806. The Labute approximate surface area is 109 Å². The number of aromatic nitrogens is 2. The fraction of sp³-hybridized carbons (Fsp3) is 0.667. The van der Waals surface area contributed by atoms with Gasteiger partial charge in [0.05, 0.1) is 6.20 Å². The van der Waals surface area contributed by atoms with Gasteiger partial charge in [0.1, 0.15) is 0 Å². The predicted molar refractivity (Wildman–Crippen MR) is 73.2 cm³/mol. The molecule has 0 amide bonds. The lowest BCUT2D eigenvalue weighted by Gasteiger charge is -2.26. The zero-order valence-corrected chi connectivity index (χ0v) is 11.3. The summed E-state index contributed by atoms with van der Waals surface area (Å²) in [5.41, 5.74) is 1.32. The van der Waals surface area contributed by atoms with Crippen LogP contribution in [0, 0.1) is 17.8 Å². The molecule has 0 aromatic carbocycles. The molecule has 1 aromatic heterocycles. The number of hydrogen-bond donors (Lipinski definition) is 1. The molecule has 1 heterocycles. The van der Waals surface area contributed by atoms with Crippen molar-refractivity contribution in [2.75, 3.05) is 6.54 Å². The van der Waals surface area contributed by atoms with Crippen LogP contribution >= 0.6 is 0 Å². The fourth-order valence-corrected chi connectivity index (χ4v) is 3.59. The lowest BCUT2D eigenvalue weighted by molar-refractivity contribution is 0.329. The van der Waals surface area contributed by atoms with E-state index in [0.29, 0.717) is 6.04 Å². The van der Waals surface area contributed by atoms with E-state index in [1.807, 2.05) is 17.9 Å². The van der Waals surface area contributed by atoms with Crippen LogP contribution in [0.5, 0.6) is 0 Å². The molecule has 2 bridgehead atoms. The van der Waals surface area contributed by atoms with Crippen LogP contribution in [0.15, 0.2) is 24.5 Å². The summed E-state index contributed by atoms with van der Waals surface area (Å²) in [6, 6.07) is 0.640. The van der Waals surface area contributed by atoms with E-state index in [4.69, 9.17) is 0 Å². The molecule has 0 spiro atoms. The molecular weight excluding hydrogens is 222 g/mol. The summed E-state index contributed by atoms with van der Waals surface area (Å²) in [6.45, 7) is 3.41. The highest BCUT2D eigenvalue weighted by atomic mass is 15.2. The third kappa shape index (κ3) is 2.37. The minimum Gasteiger partial charge on any atom is -0.314 e. The fourth-order valence-electron chi connectivity index (χ4n) is 3.59. The number of rotatable bonds is 5. The molecule has 3 nitrogen and oxygen atoms in total. The van der Waals surface area contributed by atoms with Crippen molar-refractivity contribution in [1.29, 1.82) is 0 Å². The smallest absolute Gasteiger partial charge is 0.0522 e. The number of nitrogens with zero attached hydrogens (tertiary/aromatic N) is 2. The predicted octanol–water partition coefficient (Wildman–Crippen LogP) is 2.15. The van der Waals surface area contributed by atoms with Crippen LogP contribution < -0.4 is 5.32 Å². The first kappa shape index (κ1) is 12.0. The van der Waals surface area contributed by atoms with Gasteiger partial charge in [0.2, 0.25) is 0 Å². The molecule has 1 fully saturated rings. The molecule has 1 aromatic rings. The normalized spacial score (nSPS) is 31.1. The summed E-state index contributed by atoms with van der Waals surface area (Å²) in [5.74, 6) is 2.58. The second-order valence-electron chi connectivity index (χ2n) is 5.96. The Morgan fingerprint density at radius 3 is 2.94 bits per heavy atom. The highest BCUT2D eigenvalue weighted by Gasteiger charge is 2.38. The van der Waals surface area contributed by atoms with Crippen molar-refractivity contribution >= 4 is 0 Å². The first-order valence-electron chi connectivity index (χ1n) is 7.11. The largest absolute Gasteiger partial charge is 0.314 e. The van der Waals surface area contributed by atoms with E-state index in [0.717, 1.165) is 30.7 Å². The third-order valence-corrected chi connectivity index (χ3v) is 4.61. The summed E-state index contributed by atoms with van der Waals surface area (Å²) in [6.07, 6.45) is 12.8. The third-order valence-electron chi connectivity index (χ3n) is 4.61. The van der Waals surface area contributed by atoms with E-state index in [-0.39, 0.29) is 0 Å². The molecular formula is C15H23N3. The Kier molecular flexibility index (Phi) is 3.25. The van der Waals surface area contributed by atoms with Crippen LogP contribution in [0.4, 0.5) is 0 Å². The number of hydrogen-bond acceptors (Lipinski definition) is 2. The molecule has 2 aliphatic carbocycles. The maximum Gasteiger partial charge on any atom is 0.0522 e. The van der Waals surface area contributed by atoms with E-state index in [2.05, 4.69) is 35.7 Å². The lowest BCUT2D eigenvalue weighted by atomic mass is 9.87. The SMILES string of the molecule is CC(NCCc1cnn(C)c1)C1CC2C=CC1C2. The maximum absolute atomic E-state index is 4.20. The van der Waals surface area contributed by atoms with Crippen LogP contribution in [0.3, 0.4) is 0 Å². The summed E-state index contributed by atoms with van der Waals surface area (Å²) in [7, 11) is 1.97. The highest BCUT2D eigenvalue weighted by Crippen LogP contribution is 2.44. The minimum absolute atomic E-state index is 0.640. The van der Waals surface area contributed by atoms with Crippen LogP contribution in [-0.4, -0.2) is 22.4 Å². The van der Waals surface area contributed by atoms with Crippen molar-refractivity contribution in [3.05, 3.63) is 30.1 Å². The molecule has 0 aliphatic heterocycles. The van der Waals surface area contributed by atoms with Crippen LogP contribution in [0.2, 0.25) is 0 Å². The van der Waals surface area contributed by atoms with Gasteiger partial charge in [-0.1, -0.05) is 12.2 Å². The number of aryl methyl sites for hydroxylation is 1. The van der Waals surface area contributed by atoms with E-state index < -0.39 is 0 Å². The van der Waals surface area contributed by atoms with Gasteiger partial charge in [-0.15, -0.1) is 0 Å². The van der Waals surface area contributed by atoms with Gasteiger partial charge >= 0.3 is 0 Å². The van der Waals surface area contributed by atoms with Gasteiger partial charge in [0, 0.05) is 19.3 Å². The molecule has 4 atom stereocenters. The van der Waals surface area contributed by atoms with E-state index >= 15 is 0 Å². The summed E-state index contributed by atoms with van der Waals surface area (Å²) in [5, 5.41) is 7.90. The monoisotopic (exact) mass is 245 g/mol. The van der Waals surface area contributed by atoms with Crippen molar-refractivity contribution in [2.45, 2.75) is 32.2 Å². The number of nitrogens with one attached hydrogen (secondary N) is 1. The van der Waals surface area contributed by atoms with Gasteiger partial charge in [-0.05, 0) is 56.0 Å². The van der Waals surface area contributed by atoms with E-state index in [1.54, 1.807) is 0 Å². The molecule has 1 saturated carbocycles. The molecule has 1 N–H and O–H groups in total. The molecule has 0 radical (unpaired) electrons. The lowest BCUT2D eigenvalue weighted by Crippen LogP contribution is -2.36. The topological polar surface area (TPSA) is 29.9 Å². The van der Waals surface area contributed by atoms with Crippen LogP contribution in [-0.2, 0) is 13.5 Å². The first-order valence-corrected chi connectivity index (χ1v) is 7.11. The zero-order chi connectivity index (χ0) is 12.5. The molecule has 2 aliphatic rings. The summed E-state index contributed by atoms with van der Waals surface area (Å²) in [4.78, 5) is 0. The second kappa shape index (κ2) is 4.88. The van der Waals surface area contributed by atoms with Crippen molar-refractivity contribution in [2.24, 2.45) is 24.8 Å². The van der Waals surface area contributed by atoms with Crippen LogP contribution in [0.1, 0.15) is 25.3 Å². The van der Waals surface area contributed by atoms with E-state index in [9.17, 15) is 0 Å². The van der Waals surface area contributed by atoms with Gasteiger partial charge in [0.25, 0.3) is 0 Å². The number of allylic oxidation sites excluding steroid dienone is 2. The Morgan fingerprint density at radius 2 is 2.33 bits per heavy atom. The molecule has 4 unspecified atom stereocenters. The van der Waals surface area contributed by atoms with Gasteiger partial charge in [0.15, 0.2) is 0 Å². The molecule has 18 heavy (non-hydrogen) atoms. The standard InChI is InChI=1S/C15H23N3/c1-11(15-8-12-3-4-14(15)7-12)16-6-5-13-9-17-18(2)10-13/h3-4,9-12,14-16H,5-8H2,1-2H3. The Bertz CT molecular complexity index is 435. The Morgan fingerprint density at radius 1 is 1.44 bits per heavy atom. The molecule has 0 saturated heterocycles. The van der Waals surface area contributed by atoms with Gasteiger partial charge in [-0.3, -0.25) is 4.68 Å². The summed E-state index contributed by atoms with van der Waals surface area (Å²) < 4.78 is 1.87. The van der Waals surface area contributed by atoms with Crippen molar-refractivity contribution in [3.8, 4) is 0 Å². The average molecular weight is 245 g/mol. The minimum atomic E-state index is 0.640. The highest BCUT2D eigenvalue weighted by molar-refractivity contribution is 5.11. The Hall–Kier alpha value is -1.09. The van der Waals surface area contributed by atoms with Crippen molar-refractivity contribution in [3.63, 3.8) is 0 Å². The van der Waals surface area contributed by atoms with Gasteiger partial charge < -0.3 is 5.32 Å². The van der Waals surface area contributed by atoms with Crippen molar-refractivity contribution < 1.29 is 0 Å². The number of fused-ring (bicyclic) bond motifs is 2. The van der Waals surface area contributed by atoms with Crippen molar-refractivity contribution in [1.82, 2.24) is 15.1 Å². The molecule has 3 rings (SSSR count). The van der Waals surface area contributed by atoms with Crippen LogP contribution in [0.25, 0.3) is 0 Å². The molecule has 3 heteroatoms. The Balaban J connectivity index is 1.44. The second-order valence-corrected chi connectivity index (χ2v) is 5.96. The molecule has 98 valence electrons. The maximum atomic E-state index is 4.20. The average Bonchev–Trinajstić information content (AvgIpc) is 3.05. The van der Waals surface area contributed by atoms with Gasteiger partial charge in [-0.25, -0.2) is 0 Å². The zero-order valence-electron chi connectivity index (χ0n) is 11.3.